The normalized spacial score (nSPS) is 11.6. The van der Waals surface area contributed by atoms with E-state index in [2.05, 4.69) is 171 Å². The van der Waals surface area contributed by atoms with Crippen molar-refractivity contribution >= 4 is 59.4 Å². The van der Waals surface area contributed by atoms with Crippen LogP contribution in [0.2, 0.25) is 0 Å². The van der Waals surface area contributed by atoms with Gasteiger partial charge < -0.3 is 49.7 Å². The van der Waals surface area contributed by atoms with Crippen molar-refractivity contribution in [1.82, 2.24) is 21.3 Å². The molecule has 0 radical (unpaired) electrons. The Morgan fingerprint density at radius 2 is 0.280 bits per heavy atom. The van der Waals surface area contributed by atoms with Gasteiger partial charge in [-0.3, -0.25) is 47.9 Å². The molecule has 4 N–H and O–H groups in total. The van der Waals surface area contributed by atoms with E-state index in [0.717, 1.165) is 0 Å². The number of carbonyl (C=O) groups excluding carboxylic acids is 10. The minimum Gasteiger partial charge on any atom is -0.469 e. The van der Waals surface area contributed by atoms with Crippen LogP contribution in [0.15, 0.2) is 121 Å². The van der Waals surface area contributed by atoms with Crippen molar-refractivity contribution in [3.8, 4) is 0 Å². The van der Waals surface area contributed by atoms with Crippen LogP contribution >= 0.6 is 0 Å². The van der Waals surface area contributed by atoms with Gasteiger partial charge in [0.05, 0.1) is 42.7 Å². The number of hydrogen-bond acceptors (Lipinski definition) is 16. The molecular weight excluding hydrogens is 1270 g/mol. The van der Waals surface area contributed by atoms with E-state index in [0.29, 0.717) is 0 Å². The number of hydrogen-bond donors (Lipinski definition) is 4. The van der Waals surface area contributed by atoms with Gasteiger partial charge in [-0.15, -0.1) is 0 Å². The Labute approximate surface area is 599 Å². The number of methoxy groups -OCH3 is 6. The fourth-order valence-electron chi connectivity index (χ4n) is 8.38. The van der Waals surface area contributed by atoms with Crippen LogP contribution in [-0.2, 0) is 141 Å². The van der Waals surface area contributed by atoms with Crippen LogP contribution in [-0.4, -0.2) is 130 Å². The predicted molar refractivity (Wildman–Crippen MR) is 401 cm³/mol. The van der Waals surface area contributed by atoms with Crippen molar-refractivity contribution in [2.24, 2.45) is 0 Å². The maximum absolute atomic E-state index is 9.70. The molecule has 5 aromatic rings. The van der Waals surface area contributed by atoms with Gasteiger partial charge in [-0.2, -0.15) is 0 Å². The van der Waals surface area contributed by atoms with Gasteiger partial charge >= 0.3 is 35.8 Å². The van der Waals surface area contributed by atoms with Crippen molar-refractivity contribution in [2.75, 3.05) is 70.8 Å². The summed E-state index contributed by atoms with van der Waals surface area (Å²) in [5, 5.41) is 9.56. The fraction of sp³-hybridized carbons (Fsp3) is 0.500. The summed E-state index contributed by atoms with van der Waals surface area (Å²) < 4.78 is 24.7. The average molecular weight is 1400 g/mol. The molecule has 5 aromatic carbocycles. The molecule has 0 atom stereocenters. The first kappa shape index (κ1) is 99.5. The molecule has 0 aromatic heterocycles. The molecule has 0 fully saturated rings. The molecule has 0 spiro atoms. The monoisotopic (exact) mass is 1400 g/mol. The standard InChI is InChI=1S/5C10H12.4C3H7NO.6C3H6O2/c5*1-2-6-10-8-4-3-7-9(10)5-1;4*1-3(5)4-2;6*1-3(4)5-2/h5*1-2,5-6H,3-4,7-8H2;4*1-2H3,(H,4,5);6*1-2H3. The highest BCUT2D eigenvalue weighted by molar-refractivity contribution is 5.73. The number of rotatable bonds is 0. The maximum atomic E-state index is 9.70. The zero-order chi connectivity index (χ0) is 76.9. The zero-order valence-electron chi connectivity index (χ0n) is 64.2. The van der Waals surface area contributed by atoms with E-state index in [1.807, 2.05) is 0 Å². The highest BCUT2D eigenvalue weighted by atomic mass is 16.5. The van der Waals surface area contributed by atoms with E-state index in [1.165, 1.54) is 240 Å². The van der Waals surface area contributed by atoms with E-state index in [9.17, 15) is 47.9 Å². The SMILES string of the molecule is CNC(C)=O.CNC(C)=O.CNC(C)=O.CNC(C)=O.COC(C)=O.COC(C)=O.COC(C)=O.COC(C)=O.COC(C)=O.COC(C)=O.c1ccc2c(c1)CCCC2.c1ccc2c(c1)CCCC2.c1ccc2c(c1)CCCC2.c1ccc2c(c1)CCCC2.c1ccc2c(c1)CCCC2. The summed E-state index contributed by atoms with van der Waals surface area (Å²) in [6.45, 7) is 14.1. The van der Waals surface area contributed by atoms with Crippen molar-refractivity contribution < 1.29 is 76.4 Å². The molecule has 20 heteroatoms. The molecule has 0 bridgehead atoms. The zero-order valence-corrected chi connectivity index (χ0v) is 64.2. The predicted octanol–water partition coefficient (Wildman–Crippen LogP) is 12.9. The molecule has 0 saturated heterocycles. The van der Waals surface area contributed by atoms with Gasteiger partial charge in [-0.25, -0.2) is 0 Å². The molecule has 4 amide bonds. The molecule has 100 heavy (non-hydrogen) atoms. The Bertz CT molecular complexity index is 2340. The summed E-state index contributed by atoms with van der Waals surface area (Å²) in [6.07, 6.45) is 26.9. The molecule has 5 aliphatic rings. The number of aryl methyl sites for hydroxylation is 10. The van der Waals surface area contributed by atoms with E-state index in [4.69, 9.17) is 0 Å². The molecule has 5 aliphatic carbocycles. The lowest BCUT2D eigenvalue weighted by molar-refractivity contribution is -0.138. The van der Waals surface area contributed by atoms with Gasteiger partial charge in [0, 0.05) is 97.4 Å². The number of amides is 4. The lowest BCUT2D eigenvalue weighted by Gasteiger charge is -2.13. The van der Waals surface area contributed by atoms with Crippen molar-refractivity contribution in [3.63, 3.8) is 0 Å². The van der Waals surface area contributed by atoms with Gasteiger partial charge in [-0.1, -0.05) is 121 Å². The van der Waals surface area contributed by atoms with Gasteiger partial charge in [0.25, 0.3) is 0 Å². The Hall–Kier alpha value is -9.20. The molecule has 0 aliphatic heterocycles. The molecule has 10 rings (SSSR count). The average Bonchev–Trinajstić information content (AvgIpc) is 0.965. The lowest BCUT2D eigenvalue weighted by atomic mass is 9.92. The van der Waals surface area contributed by atoms with E-state index >= 15 is 0 Å². The molecule has 0 saturated carbocycles. The minimum absolute atomic E-state index is 0.00463. The summed E-state index contributed by atoms with van der Waals surface area (Å²) >= 11 is 0. The van der Waals surface area contributed by atoms with E-state index in [1.54, 1.807) is 83.8 Å². The first-order valence-electron chi connectivity index (χ1n) is 33.9. The fourth-order valence-corrected chi connectivity index (χ4v) is 8.38. The topological polar surface area (TPSA) is 274 Å². The van der Waals surface area contributed by atoms with Crippen LogP contribution in [0.4, 0.5) is 0 Å². The first-order chi connectivity index (χ1) is 47.5. The van der Waals surface area contributed by atoms with E-state index in [-0.39, 0.29) is 59.4 Å². The quantitative estimate of drug-likeness (QED) is 0.0828. The summed E-state index contributed by atoms with van der Waals surface area (Å²) in [4.78, 5) is 96.3. The largest absolute Gasteiger partial charge is 0.469 e. The van der Waals surface area contributed by atoms with Crippen LogP contribution in [0.1, 0.15) is 189 Å². The molecule has 20 nitrogen and oxygen atoms in total. The van der Waals surface area contributed by atoms with Crippen LogP contribution in [0.25, 0.3) is 0 Å². The Morgan fingerprint density at radius 1 is 0.210 bits per heavy atom. The van der Waals surface area contributed by atoms with Gasteiger partial charge in [-0.05, 0) is 184 Å². The third-order valence-electron chi connectivity index (χ3n) is 14.4. The second-order valence-electron chi connectivity index (χ2n) is 22.3. The highest BCUT2D eigenvalue weighted by Crippen LogP contribution is 2.23. The second kappa shape index (κ2) is 69.7. The van der Waals surface area contributed by atoms with Crippen molar-refractivity contribution in [1.29, 1.82) is 0 Å². The van der Waals surface area contributed by atoms with Crippen LogP contribution in [0.5, 0.6) is 0 Å². The second-order valence-corrected chi connectivity index (χ2v) is 22.3. The summed E-state index contributed by atoms with van der Waals surface area (Å²) in [7, 11) is 14.5. The van der Waals surface area contributed by atoms with Crippen molar-refractivity contribution in [2.45, 2.75) is 198 Å². The van der Waals surface area contributed by atoms with Gasteiger partial charge in [0.2, 0.25) is 23.6 Å². The highest BCUT2D eigenvalue weighted by Gasteiger charge is 2.10. The maximum Gasteiger partial charge on any atom is 0.302 e. The summed E-state index contributed by atoms with van der Waals surface area (Å²) in [6, 6.07) is 44.0. The summed E-state index contributed by atoms with van der Waals surface area (Å²) in [5.74, 6) is -1.45. The van der Waals surface area contributed by atoms with Crippen LogP contribution in [0.3, 0.4) is 0 Å². The number of fused-ring (bicyclic) bond motifs is 5. The Morgan fingerprint density at radius 3 is 0.330 bits per heavy atom. The number of benzene rings is 5. The number of nitrogens with one attached hydrogen (secondary N) is 4. The van der Waals surface area contributed by atoms with Gasteiger partial charge in [0.1, 0.15) is 0 Å². The number of carbonyl (C=O) groups is 10. The van der Waals surface area contributed by atoms with E-state index < -0.39 is 0 Å². The number of esters is 6. The van der Waals surface area contributed by atoms with Gasteiger partial charge in [0.15, 0.2) is 0 Å². The van der Waals surface area contributed by atoms with Crippen molar-refractivity contribution in [3.05, 3.63) is 177 Å². The lowest BCUT2D eigenvalue weighted by Crippen LogP contribution is -2.11. The first-order valence-corrected chi connectivity index (χ1v) is 33.9. The Kier molecular flexibility index (Phi) is 69.3. The smallest absolute Gasteiger partial charge is 0.302 e. The Balaban J connectivity index is -0.000000327. The molecular formula is C80H124N4O16. The van der Waals surface area contributed by atoms with Crippen LogP contribution in [0, 0.1) is 0 Å². The minimum atomic E-state index is -0.245. The summed E-state index contributed by atoms with van der Waals surface area (Å²) in [5.41, 5.74) is 15.8. The van der Waals surface area contributed by atoms with Crippen LogP contribution < -0.4 is 21.3 Å². The number of ether oxygens (including phenoxy) is 6. The third-order valence-corrected chi connectivity index (χ3v) is 14.4. The third kappa shape index (κ3) is 67.4. The molecule has 0 heterocycles. The molecule has 560 valence electrons. The molecule has 0 unspecified atom stereocenters.